The first-order valence-electron chi connectivity index (χ1n) is 7.79. The molecule has 0 fully saturated rings. The molecule has 2 atom stereocenters. The van der Waals surface area contributed by atoms with Crippen molar-refractivity contribution in [2.75, 3.05) is 6.54 Å². The highest BCUT2D eigenvalue weighted by Gasteiger charge is 2.09. The molecule has 0 aliphatic rings. The molecule has 0 radical (unpaired) electrons. The van der Waals surface area contributed by atoms with Crippen LogP contribution in [-0.2, 0) is 0 Å². The van der Waals surface area contributed by atoms with Gasteiger partial charge in [0.2, 0.25) is 0 Å². The van der Waals surface area contributed by atoms with E-state index >= 15 is 0 Å². The van der Waals surface area contributed by atoms with Gasteiger partial charge in [0.1, 0.15) is 0 Å². The molecule has 2 aromatic rings. The molecule has 2 amide bonds. The number of aromatic nitrogens is 1. The second kappa shape index (κ2) is 8.29. The average Bonchev–Trinajstić information content (AvgIpc) is 2.55. The zero-order valence-corrected chi connectivity index (χ0v) is 13.5. The number of pyridine rings is 1. The van der Waals surface area contributed by atoms with E-state index < -0.39 is 6.10 Å². The Kier molecular flexibility index (Phi) is 6.11. The van der Waals surface area contributed by atoms with Gasteiger partial charge in [-0.25, -0.2) is 4.79 Å². The van der Waals surface area contributed by atoms with E-state index in [9.17, 15) is 4.79 Å². The maximum Gasteiger partial charge on any atom is 0.315 e. The zero-order valence-electron chi connectivity index (χ0n) is 13.5. The first-order valence-corrected chi connectivity index (χ1v) is 7.79. The molecule has 5 nitrogen and oxygen atoms in total. The molecule has 1 aromatic heterocycles. The molecule has 0 spiro atoms. The summed E-state index contributed by atoms with van der Waals surface area (Å²) in [7, 11) is 0. The maximum atomic E-state index is 11.8. The molecular weight excluding hydrogens is 290 g/mol. The van der Waals surface area contributed by atoms with E-state index in [1.807, 2.05) is 43.3 Å². The molecule has 5 heteroatoms. The van der Waals surface area contributed by atoms with E-state index in [1.165, 1.54) is 0 Å². The van der Waals surface area contributed by atoms with Gasteiger partial charge < -0.3 is 15.7 Å². The highest BCUT2D eigenvalue weighted by Crippen LogP contribution is 2.21. The Balaban J connectivity index is 1.90. The van der Waals surface area contributed by atoms with E-state index in [4.69, 9.17) is 5.11 Å². The third-order valence-corrected chi connectivity index (χ3v) is 3.62. The summed E-state index contributed by atoms with van der Waals surface area (Å²) >= 11 is 0. The van der Waals surface area contributed by atoms with Crippen LogP contribution in [0.1, 0.15) is 31.9 Å². The lowest BCUT2D eigenvalue weighted by molar-refractivity contribution is 0.183. The summed E-state index contributed by atoms with van der Waals surface area (Å²) in [6.45, 7) is 4.10. The lowest BCUT2D eigenvalue weighted by Gasteiger charge is -2.16. The number of benzene rings is 1. The molecule has 0 aliphatic heterocycles. The standard InChI is InChI=1S/C18H23N3O2/c1-13(22)7-12-20-18(23)21-14(2)15-3-5-16(6-4-15)17-8-10-19-11-9-17/h3-6,8-11,13-14,22H,7,12H2,1-2H3,(H2,20,21,23). The van der Waals surface area contributed by atoms with Gasteiger partial charge in [-0.15, -0.1) is 0 Å². The van der Waals surface area contributed by atoms with Crippen LogP contribution < -0.4 is 10.6 Å². The lowest BCUT2D eigenvalue weighted by atomic mass is 10.0. The molecule has 122 valence electrons. The molecule has 0 saturated carbocycles. The van der Waals surface area contributed by atoms with Gasteiger partial charge in [0.05, 0.1) is 12.1 Å². The Morgan fingerprint density at radius 3 is 2.30 bits per heavy atom. The van der Waals surface area contributed by atoms with E-state index in [0.29, 0.717) is 13.0 Å². The number of nitrogens with zero attached hydrogens (tertiary/aromatic N) is 1. The smallest absolute Gasteiger partial charge is 0.315 e. The summed E-state index contributed by atoms with van der Waals surface area (Å²) in [5.74, 6) is 0. The van der Waals surface area contributed by atoms with Gasteiger partial charge in [0.15, 0.2) is 0 Å². The topological polar surface area (TPSA) is 74.2 Å². The van der Waals surface area contributed by atoms with Gasteiger partial charge in [0, 0.05) is 18.9 Å². The van der Waals surface area contributed by atoms with Crippen LogP contribution in [0.4, 0.5) is 4.79 Å². The third-order valence-electron chi connectivity index (χ3n) is 3.62. The largest absolute Gasteiger partial charge is 0.393 e. The van der Waals surface area contributed by atoms with Crippen LogP contribution in [-0.4, -0.2) is 28.8 Å². The Labute approximate surface area is 136 Å². The zero-order chi connectivity index (χ0) is 16.7. The normalized spacial score (nSPS) is 13.2. The van der Waals surface area contributed by atoms with Crippen molar-refractivity contribution in [3.8, 4) is 11.1 Å². The van der Waals surface area contributed by atoms with Crippen LogP contribution in [0.25, 0.3) is 11.1 Å². The fraction of sp³-hybridized carbons (Fsp3) is 0.333. The van der Waals surface area contributed by atoms with E-state index in [0.717, 1.165) is 16.7 Å². The highest BCUT2D eigenvalue weighted by molar-refractivity contribution is 5.74. The van der Waals surface area contributed by atoms with Crippen LogP contribution in [0.5, 0.6) is 0 Å². The Hall–Kier alpha value is -2.40. The third kappa shape index (κ3) is 5.38. The molecule has 0 aliphatic carbocycles. The molecule has 23 heavy (non-hydrogen) atoms. The first kappa shape index (κ1) is 17.0. The van der Waals surface area contributed by atoms with E-state index in [1.54, 1.807) is 19.3 Å². The summed E-state index contributed by atoms with van der Waals surface area (Å²) < 4.78 is 0. The molecule has 3 N–H and O–H groups in total. The van der Waals surface area contributed by atoms with Gasteiger partial charge in [-0.2, -0.15) is 0 Å². The molecule has 1 aromatic carbocycles. The minimum atomic E-state index is -0.409. The van der Waals surface area contributed by atoms with Crippen molar-refractivity contribution in [1.29, 1.82) is 0 Å². The van der Waals surface area contributed by atoms with Crippen LogP contribution in [0.3, 0.4) is 0 Å². The van der Waals surface area contributed by atoms with Crippen molar-refractivity contribution in [3.63, 3.8) is 0 Å². The minimum absolute atomic E-state index is 0.0898. The number of rotatable bonds is 6. The maximum absolute atomic E-state index is 11.8. The number of urea groups is 1. The molecule has 2 rings (SSSR count). The fourth-order valence-electron chi connectivity index (χ4n) is 2.23. The Morgan fingerprint density at radius 1 is 1.09 bits per heavy atom. The lowest BCUT2D eigenvalue weighted by Crippen LogP contribution is -2.38. The molecule has 2 unspecified atom stereocenters. The quantitative estimate of drug-likeness (QED) is 0.767. The number of amides is 2. The summed E-state index contributed by atoms with van der Waals surface area (Å²) in [5, 5.41) is 14.8. The van der Waals surface area contributed by atoms with Crippen molar-refractivity contribution >= 4 is 6.03 Å². The number of hydrogen-bond acceptors (Lipinski definition) is 3. The highest BCUT2D eigenvalue weighted by atomic mass is 16.3. The van der Waals surface area contributed by atoms with Gasteiger partial charge in [-0.05, 0) is 49.1 Å². The number of aliphatic hydroxyl groups is 1. The predicted octanol–water partition coefficient (Wildman–Crippen LogP) is 2.88. The summed E-state index contributed by atoms with van der Waals surface area (Å²) in [5.41, 5.74) is 3.27. The number of carbonyl (C=O) groups is 1. The van der Waals surface area contributed by atoms with Gasteiger partial charge in [-0.3, -0.25) is 4.98 Å². The minimum Gasteiger partial charge on any atom is -0.393 e. The van der Waals surface area contributed by atoms with Crippen molar-refractivity contribution in [1.82, 2.24) is 15.6 Å². The Morgan fingerprint density at radius 2 is 1.70 bits per heavy atom. The van der Waals surface area contributed by atoms with E-state index in [-0.39, 0.29) is 12.1 Å². The molecular formula is C18H23N3O2. The van der Waals surface area contributed by atoms with Crippen LogP contribution in [0, 0.1) is 0 Å². The molecule has 0 bridgehead atoms. The predicted molar refractivity (Wildman–Crippen MR) is 90.9 cm³/mol. The summed E-state index contributed by atoms with van der Waals surface area (Å²) in [6.07, 6.45) is 3.67. The number of nitrogens with one attached hydrogen (secondary N) is 2. The number of aliphatic hydroxyl groups excluding tert-OH is 1. The first-order chi connectivity index (χ1) is 11.1. The van der Waals surface area contributed by atoms with Crippen molar-refractivity contribution < 1.29 is 9.90 Å². The monoisotopic (exact) mass is 313 g/mol. The van der Waals surface area contributed by atoms with Crippen molar-refractivity contribution in [2.24, 2.45) is 0 Å². The van der Waals surface area contributed by atoms with Gasteiger partial charge >= 0.3 is 6.03 Å². The Bertz CT molecular complexity index is 612. The van der Waals surface area contributed by atoms with Gasteiger partial charge in [0.25, 0.3) is 0 Å². The fourth-order valence-corrected chi connectivity index (χ4v) is 2.23. The second-order valence-corrected chi connectivity index (χ2v) is 5.62. The second-order valence-electron chi connectivity index (χ2n) is 5.62. The molecule has 1 heterocycles. The SMILES string of the molecule is CC(O)CCNC(=O)NC(C)c1ccc(-c2ccncc2)cc1. The van der Waals surface area contributed by atoms with Crippen molar-refractivity contribution in [3.05, 3.63) is 54.4 Å². The summed E-state index contributed by atoms with van der Waals surface area (Å²) in [6, 6.07) is 11.7. The average molecular weight is 313 g/mol. The van der Waals surface area contributed by atoms with Crippen LogP contribution in [0.2, 0.25) is 0 Å². The van der Waals surface area contributed by atoms with E-state index in [2.05, 4.69) is 15.6 Å². The number of carbonyl (C=O) groups excluding carboxylic acids is 1. The van der Waals surface area contributed by atoms with Crippen LogP contribution in [0.15, 0.2) is 48.8 Å². The molecule has 0 saturated heterocycles. The summed E-state index contributed by atoms with van der Waals surface area (Å²) in [4.78, 5) is 15.8. The van der Waals surface area contributed by atoms with Gasteiger partial charge in [-0.1, -0.05) is 24.3 Å². The van der Waals surface area contributed by atoms with Crippen molar-refractivity contribution in [2.45, 2.75) is 32.4 Å². The van der Waals surface area contributed by atoms with Crippen LogP contribution >= 0.6 is 0 Å². The number of hydrogen-bond donors (Lipinski definition) is 3.